The number of thiocarbonyl (C=S) groups is 1. The molecule has 1 N–H and O–H groups in total. The molecule has 0 aromatic heterocycles. The first-order valence-corrected chi connectivity index (χ1v) is 10.0. The number of halogens is 1. The minimum atomic E-state index is -0.965. The van der Waals surface area contributed by atoms with Gasteiger partial charge in [-0.25, -0.2) is 9.18 Å². The second-order valence-corrected chi connectivity index (χ2v) is 7.95. The number of nitrogens with zero attached hydrogens (tertiary/aromatic N) is 3. The first kappa shape index (κ1) is 19.0. The number of cyclic esters (lactones) is 1. The van der Waals surface area contributed by atoms with Crippen molar-refractivity contribution in [3.8, 4) is 0 Å². The largest absolute Gasteiger partial charge is 0.442 e. The fourth-order valence-corrected chi connectivity index (χ4v) is 3.84. The van der Waals surface area contributed by atoms with E-state index < -0.39 is 6.30 Å². The number of benzene rings is 1. The average molecular weight is 399 g/mol. The van der Waals surface area contributed by atoms with Crippen LogP contribution in [0.1, 0.15) is 0 Å². The fraction of sp³-hybridized carbons (Fsp3) is 0.529. The van der Waals surface area contributed by atoms with Gasteiger partial charge in [0.25, 0.3) is 0 Å². The highest BCUT2D eigenvalue weighted by Crippen LogP contribution is 2.28. The molecule has 2 fully saturated rings. The number of hydrogen-bond donors (Lipinski definition) is 1. The highest BCUT2D eigenvalue weighted by molar-refractivity contribution is 7.99. The van der Waals surface area contributed by atoms with Crippen LogP contribution in [0, 0.1) is 0 Å². The maximum atomic E-state index is 14.1. The Morgan fingerprint density at radius 2 is 2.08 bits per heavy atom. The van der Waals surface area contributed by atoms with Crippen molar-refractivity contribution in [2.45, 2.75) is 12.4 Å². The topological polar surface area (TPSA) is 48.0 Å². The molecule has 2 aliphatic heterocycles. The summed E-state index contributed by atoms with van der Waals surface area (Å²) in [5.74, 6) is 1.41. The van der Waals surface area contributed by atoms with Gasteiger partial charge in [0.15, 0.2) is 11.4 Å². The Morgan fingerprint density at radius 1 is 1.38 bits per heavy atom. The van der Waals surface area contributed by atoms with E-state index in [4.69, 9.17) is 17.0 Å². The Balaban J connectivity index is 1.60. The molecule has 0 bridgehead atoms. The van der Waals surface area contributed by atoms with Crippen molar-refractivity contribution in [2.75, 3.05) is 55.0 Å². The molecule has 2 heterocycles. The molecule has 2 aliphatic rings. The molecule has 3 rings (SSSR count). The number of carbonyl (C=O) groups is 1. The zero-order chi connectivity index (χ0) is 18.7. The van der Waals surface area contributed by atoms with Gasteiger partial charge in [-0.15, -0.1) is 0 Å². The SMILES string of the molecule is CN(C)C(=S)NCC1CN(c2ccc(N3CCSCC3F)cc2)C(=O)O1. The van der Waals surface area contributed by atoms with E-state index in [2.05, 4.69) is 5.32 Å². The standard InChI is InChI=1S/C17H23FN4O2S2/c1-20(2)16(25)19-9-14-10-22(17(23)24-14)13-5-3-12(4-6-13)21-7-8-26-11-15(21)18/h3-6,14-15H,7-11H2,1-2H3,(H,19,25). The molecular weight excluding hydrogens is 375 g/mol. The third-order valence-electron chi connectivity index (χ3n) is 4.32. The third kappa shape index (κ3) is 4.32. The lowest BCUT2D eigenvalue weighted by Crippen LogP contribution is -2.40. The van der Waals surface area contributed by atoms with E-state index in [-0.39, 0.29) is 12.2 Å². The zero-order valence-corrected chi connectivity index (χ0v) is 16.5. The Kier molecular flexibility index (Phi) is 6.08. The highest BCUT2D eigenvalue weighted by atomic mass is 32.2. The molecule has 0 radical (unpaired) electrons. The number of rotatable bonds is 4. The minimum absolute atomic E-state index is 0.269. The predicted molar refractivity (Wildman–Crippen MR) is 108 cm³/mol. The molecule has 0 aliphatic carbocycles. The van der Waals surface area contributed by atoms with Crippen molar-refractivity contribution in [2.24, 2.45) is 0 Å². The third-order valence-corrected chi connectivity index (χ3v) is 5.82. The highest BCUT2D eigenvalue weighted by Gasteiger charge is 2.32. The lowest BCUT2D eigenvalue weighted by atomic mass is 10.2. The number of amides is 1. The maximum Gasteiger partial charge on any atom is 0.414 e. The summed E-state index contributed by atoms with van der Waals surface area (Å²) in [5.41, 5.74) is 1.59. The van der Waals surface area contributed by atoms with E-state index in [9.17, 15) is 9.18 Å². The summed E-state index contributed by atoms with van der Waals surface area (Å²) in [5, 5.41) is 3.68. The zero-order valence-electron chi connectivity index (χ0n) is 14.9. The Bertz CT molecular complexity index is 659. The average Bonchev–Trinajstić information content (AvgIpc) is 3.01. The molecule has 1 amide bonds. The monoisotopic (exact) mass is 398 g/mol. The predicted octanol–water partition coefficient (Wildman–Crippen LogP) is 2.30. The van der Waals surface area contributed by atoms with Crippen molar-refractivity contribution in [3.05, 3.63) is 24.3 Å². The van der Waals surface area contributed by atoms with Gasteiger partial charge in [0.1, 0.15) is 6.10 Å². The van der Waals surface area contributed by atoms with Crippen LogP contribution in [0.2, 0.25) is 0 Å². The van der Waals surface area contributed by atoms with Crippen LogP contribution in [-0.4, -0.2) is 73.7 Å². The summed E-state index contributed by atoms with van der Waals surface area (Å²) in [6.45, 7) is 1.61. The number of alkyl halides is 1. The summed E-state index contributed by atoms with van der Waals surface area (Å²) < 4.78 is 19.5. The van der Waals surface area contributed by atoms with Crippen molar-refractivity contribution in [3.63, 3.8) is 0 Å². The van der Waals surface area contributed by atoms with Gasteiger partial charge in [0.05, 0.1) is 13.1 Å². The van der Waals surface area contributed by atoms with Gasteiger partial charge in [0.2, 0.25) is 0 Å². The van der Waals surface area contributed by atoms with E-state index in [1.165, 1.54) is 0 Å². The first-order valence-electron chi connectivity index (χ1n) is 8.47. The van der Waals surface area contributed by atoms with E-state index in [1.807, 2.05) is 38.4 Å². The molecule has 6 nitrogen and oxygen atoms in total. The summed E-state index contributed by atoms with van der Waals surface area (Å²) in [4.78, 5) is 17.3. The molecule has 0 spiro atoms. The fourth-order valence-electron chi connectivity index (χ4n) is 2.89. The Labute approximate surface area is 162 Å². The number of carbonyl (C=O) groups excluding carboxylic acids is 1. The smallest absolute Gasteiger partial charge is 0.414 e. The van der Waals surface area contributed by atoms with Gasteiger partial charge in [-0.3, -0.25) is 4.90 Å². The normalized spacial score (nSPS) is 23.0. The quantitative estimate of drug-likeness (QED) is 0.617. The molecule has 142 valence electrons. The van der Waals surface area contributed by atoms with Crippen LogP contribution < -0.4 is 15.1 Å². The molecule has 9 heteroatoms. The van der Waals surface area contributed by atoms with Crippen LogP contribution in [0.15, 0.2) is 24.3 Å². The summed E-state index contributed by atoms with van der Waals surface area (Å²) in [6, 6.07) is 7.40. The van der Waals surface area contributed by atoms with Crippen molar-refractivity contribution < 1.29 is 13.9 Å². The van der Waals surface area contributed by atoms with Gasteiger partial charge < -0.3 is 19.9 Å². The second-order valence-electron chi connectivity index (χ2n) is 6.42. The van der Waals surface area contributed by atoms with E-state index in [0.29, 0.717) is 30.5 Å². The summed E-state index contributed by atoms with van der Waals surface area (Å²) >= 11 is 6.80. The van der Waals surface area contributed by atoms with Crippen LogP contribution in [0.5, 0.6) is 0 Å². The minimum Gasteiger partial charge on any atom is -0.442 e. The number of nitrogens with one attached hydrogen (secondary N) is 1. The van der Waals surface area contributed by atoms with Crippen LogP contribution in [0.25, 0.3) is 0 Å². The Hall–Kier alpha value is -1.74. The van der Waals surface area contributed by atoms with Crippen molar-refractivity contribution >= 4 is 46.6 Å². The number of anilines is 2. The van der Waals surface area contributed by atoms with Crippen molar-refractivity contribution in [1.29, 1.82) is 0 Å². The molecular formula is C17H23FN4O2S2. The first-order chi connectivity index (χ1) is 12.5. The van der Waals surface area contributed by atoms with Gasteiger partial charge in [-0.2, -0.15) is 11.8 Å². The van der Waals surface area contributed by atoms with Gasteiger partial charge in [0, 0.05) is 43.5 Å². The molecule has 0 saturated carbocycles. The number of hydrogen-bond acceptors (Lipinski definition) is 5. The Morgan fingerprint density at radius 3 is 2.73 bits per heavy atom. The van der Waals surface area contributed by atoms with Crippen LogP contribution >= 0.6 is 24.0 Å². The van der Waals surface area contributed by atoms with E-state index in [0.717, 1.165) is 17.1 Å². The van der Waals surface area contributed by atoms with E-state index in [1.54, 1.807) is 26.5 Å². The van der Waals surface area contributed by atoms with Crippen LogP contribution in [0.3, 0.4) is 0 Å². The summed E-state index contributed by atoms with van der Waals surface area (Å²) in [7, 11) is 3.71. The maximum absolute atomic E-state index is 14.1. The number of thioether (sulfide) groups is 1. The number of ether oxygens (including phenoxy) is 1. The van der Waals surface area contributed by atoms with Gasteiger partial charge in [-0.1, -0.05) is 0 Å². The lowest BCUT2D eigenvalue weighted by Gasteiger charge is -2.32. The second kappa shape index (κ2) is 8.30. The van der Waals surface area contributed by atoms with Crippen LogP contribution in [0.4, 0.5) is 20.6 Å². The summed E-state index contributed by atoms with van der Waals surface area (Å²) in [6.07, 6.45) is -1.61. The molecule has 2 atom stereocenters. The van der Waals surface area contributed by atoms with Crippen LogP contribution in [-0.2, 0) is 4.74 Å². The molecule has 26 heavy (non-hydrogen) atoms. The molecule has 1 aromatic carbocycles. The molecule has 2 saturated heterocycles. The van der Waals surface area contributed by atoms with E-state index >= 15 is 0 Å². The van der Waals surface area contributed by atoms with Gasteiger partial charge in [-0.05, 0) is 36.5 Å². The molecule has 1 aromatic rings. The van der Waals surface area contributed by atoms with Gasteiger partial charge >= 0.3 is 6.09 Å². The van der Waals surface area contributed by atoms with Crippen molar-refractivity contribution in [1.82, 2.24) is 10.2 Å². The lowest BCUT2D eigenvalue weighted by molar-refractivity contribution is 0.142. The molecule has 2 unspecified atom stereocenters.